The van der Waals surface area contributed by atoms with E-state index in [-0.39, 0.29) is 18.4 Å². The molecule has 0 atom stereocenters. The number of ether oxygens (including phenoxy) is 2. The summed E-state index contributed by atoms with van der Waals surface area (Å²) in [7, 11) is 1.50. The van der Waals surface area contributed by atoms with Crippen LogP contribution in [0.3, 0.4) is 0 Å². The van der Waals surface area contributed by atoms with Crippen LogP contribution in [-0.4, -0.2) is 29.9 Å². The zero-order valence-electron chi connectivity index (χ0n) is 19.2. The van der Waals surface area contributed by atoms with E-state index in [0.29, 0.717) is 36.5 Å². The summed E-state index contributed by atoms with van der Waals surface area (Å²) in [4.78, 5) is 27.5. The Morgan fingerprint density at radius 3 is 2.50 bits per heavy atom. The largest absolute Gasteiger partial charge is 0.493 e. The lowest BCUT2D eigenvalue weighted by Gasteiger charge is -2.16. The van der Waals surface area contributed by atoms with Crippen molar-refractivity contribution in [3.63, 3.8) is 0 Å². The van der Waals surface area contributed by atoms with Gasteiger partial charge in [0, 0.05) is 15.7 Å². The predicted molar refractivity (Wildman–Crippen MR) is 150 cm³/mol. The smallest absolute Gasteiger partial charge is 0.270 e. The van der Waals surface area contributed by atoms with Gasteiger partial charge in [-0.05, 0) is 60.5 Å². The number of carbonyl (C=O) groups excluding carboxylic acids is 2. The minimum absolute atomic E-state index is 0.184. The summed E-state index contributed by atoms with van der Waals surface area (Å²) in [5.41, 5.74) is 2.91. The minimum atomic E-state index is -0.389. The first kappa shape index (κ1) is 26.0. The summed E-state index contributed by atoms with van der Waals surface area (Å²) < 4.78 is 11.6. The quantitative estimate of drug-likeness (QED) is 0.256. The van der Waals surface area contributed by atoms with Crippen LogP contribution in [0.5, 0.6) is 11.5 Å². The van der Waals surface area contributed by atoms with E-state index in [1.165, 1.54) is 18.9 Å². The standard InChI is InChI=1S/C26H20Cl2N2O4S2/c1-15-5-3-4-6-20(15)30-25(32)23(36-26(30)35)10-16-7-8-21(22(9-16)33-2)34-14-24(31)29-19-12-17(27)11-18(28)13-19/h3-13H,14H2,1-2H3,(H,29,31)/b23-10-. The highest BCUT2D eigenvalue weighted by Crippen LogP contribution is 2.38. The lowest BCUT2D eigenvalue weighted by molar-refractivity contribution is -0.118. The Morgan fingerprint density at radius 1 is 1.08 bits per heavy atom. The van der Waals surface area contributed by atoms with E-state index in [1.54, 1.807) is 47.4 Å². The number of para-hydroxylation sites is 1. The van der Waals surface area contributed by atoms with Gasteiger partial charge in [0.05, 0.1) is 17.7 Å². The highest BCUT2D eigenvalue weighted by atomic mass is 35.5. The number of rotatable bonds is 7. The van der Waals surface area contributed by atoms with Crippen LogP contribution >= 0.6 is 47.2 Å². The number of amides is 2. The van der Waals surface area contributed by atoms with Gasteiger partial charge in [-0.3, -0.25) is 14.5 Å². The first-order valence-electron chi connectivity index (χ1n) is 10.7. The van der Waals surface area contributed by atoms with Gasteiger partial charge in [-0.15, -0.1) is 0 Å². The molecule has 0 aromatic heterocycles. The molecule has 1 N–H and O–H groups in total. The Labute approximate surface area is 228 Å². The van der Waals surface area contributed by atoms with Crippen molar-refractivity contribution in [1.29, 1.82) is 0 Å². The topological polar surface area (TPSA) is 67.9 Å². The van der Waals surface area contributed by atoms with Crippen molar-refractivity contribution in [2.24, 2.45) is 0 Å². The van der Waals surface area contributed by atoms with E-state index >= 15 is 0 Å². The SMILES string of the molecule is COc1cc(/C=C2\SC(=S)N(c3ccccc3C)C2=O)ccc1OCC(=O)Nc1cc(Cl)cc(Cl)c1. The molecule has 3 aromatic rings. The van der Waals surface area contributed by atoms with Gasteiger partial charge in [-0.1, -0.05) is 71.4 Å². The van der Waals surface area contributed by atoms with Crippen molar-refractivity contribution in [2.45, 2.75) is 6.92 Å². The number of benzene rings is 3. The number of aryl methyl sites for hydroxylation is 1. The Morgan fingerprint density at radius 2 is 1.81 bits per heavy atom. The lowest BCUT2D eigenvalue weighted by atomic mass is 10.1. The molecule has 1 heterocycles. The molecule has 2 amide bonds. The van der Waals surface area contributed by atoms with Crippen molar-refractivity contribution in [1.82, 2.24) is 0 Å². The van der Waals surface area contributed by atoms with E-state index < -0.39 is 0 Å². The predicted octanol–water partition coefficient (Wildman–Crippen LogP) is 6.73. The second kappa shape index (κ2) is 11.3. The molecule has 3 aromatic carbocycles. The van der Waals surface area contributed by atoms with Crippen molar-refractivity contribution in [3.05, 3.63) is 86.7 Å². The maximum atomic E-state index is 13.1. The molecule has 1 saturated heterocycles. The molecule has 1 aliphatic rings. The molecule has 0 spiro atoms. The number of thioether (sulfide) groups is 1. The fraction of sp³-hybridized carbons (Fsp3) is 0.115. The third-order valence-electron chi connectivity index (χ3n) is 5.14. The van der Waals surface area contributed by atoms with Crippen LogP contribution in [0, 0.1) is 6.92 Å². The maximum Gasteiger partial charge on any atom is 0.270 e. The van der Waals surface area contributed by atoms with Gasteiger partial charge in [0.15, 0.2) is 22.4 Å². The molecule has 184 valence electrons. The molecule has 0 radical (unpaired) electrons. The second-order valence-corrected chi connectivity index (χ2v) is 10.3. The van der Waals surface area contributed by atoms with E-state index in [1.807, 2.05) is 31.2 Å². The number of nitrogens with one attached hydrogen (secondary N) is 1. The molecule has 0 aliphatic carbocycles. The highest BCUT2D eigenvalue weighted by molar-refractivity contribution is 8.27. The Kier molecular flexibility index (Phi) is 8.21. The number of hydrogen-bond donors (Lipinski definition) is 1. The van der Waals surface area contributed by atoms with E-state index in [9.17, 15) is 9.59 Å². The summed E-state index contributed by atoms with van der Waals surface area (Å²) in [5, 5.41) is 3.50. The van der Waals surface area contributed by atoms with Crippen molar-refractivity contribution in [3.8, 4) is 11.5 Å². The van der Waals surface area contributed by atoms with Gasteiger partial charge < -0.3 is 14.8 Å². The van der Waals surface area contributed by atoms with Crippen LogP contribution in [-0.2, 0) is 9.59 Å². The van der Waals surface area contributed by atoms with Crippen LogP contribution in [0.25, 0.3) is 6.08 Å². The van der Waals surface area contributed by atoms with Gasteiger partial charge in [-0.2, -0.15) is 0 Å². The highest BCUT2D eigenvalue weighted by Gasteiger charge is 2.34. The van der Waals surface area contributed by atoms with Gasteiger partial charge in [-0.25, -0.2) is 0 Å². The fourth-order valence-corrected chi connectivity index (χ4v) is 5.31. The average Bonchev–Trinajstić information content (AvgIpc) is 3.10. The van der Waals surface area contributed by atoms with Gasteiger partial charge >= 0.3 is 0 Å². The lowest BCUT2D eigenvalue weighted by Crippen LogP contribution is -2.28. The summed E-state index contributed by atoms with van der Waals surface area (Å²) in [6.45, 7) is 1.68. The molecule has 6 nitrogen and oxygen atoms in total. The minimum Gasteiger partial charge on any atom is -0.493 e. The summed E-state index contributed by atoms with van der Waals surface area (Å²) in [6, 6.07) is 17.5. The Balaban J connectivity index is 1.46. The Hall–Kier alpha value is -3.04. The van der Waals surface area contributed by atoms with Crippen molar-refractivity contribution < 1.29 is 19.1 Å². The summed E-state index contributed by atoms with van der Waals surface area (Å²) in [6.07, 6.45) is 1.75. The van der Waals surface area contributed by atoms with Crippen LogP contribution in [0.4, 0.5) is 11.4 Å². The first-order chi connectivity index (χ1) is 17.2. The van der Waals surface area contributed by atoms with E-state index in [0.717, 1.165) is 16.8 Å². The monoisotopic (exact) mass is 558 g/mol. The molecule has 0 unspecified atom stereocenters. The first-order valence-corrected chi connectivity index (χ1v) is 12.6. The van der Waals surface area contributed by atoms with Gasteiger partial charge in [0.2, 0.25) is 0 Å². The maximum absolute atomic E-state index is 13.1. The normalized spacial score (nSPS) is 14.3. The number of carbonyl (C=O) groups is 2. The van der Waals surface area contributed by atoms with Gasteiger partial charge in [0.25, 0.3) is 11.8 Å². The van der Waals surface area contributed by atoms with Crippen LogP contribution < -0.4 is 19.7 Å². The number of methoxy groups -OCH3 is 1. The van der Waals surface area contributed by atoms with Crippen LogP contribution in [0.2, 0.25) is 10.0 Å². The molecule has 36 heavy (non-hydrogen) atoms. The number of anilines is 2. The fourth-order valence-electron chi connectivity index (χ4n) is 3.50. The molecule has 0 bridgehead atoms. The summed E-state index contributed by atoms with van der Waals surface area (Å²) in [5.74, 6) is 0.217. The van der Waals surface area contributed by atoms with Crippen molar-refractivity contribution >= 4 is 80.8 Å². The van der Waals surface area contributed by atoms with Crippen LogP contribution in [0.15, 0.2) is 65.6 Å². The molecule has 0 saturated carbocycles. The number of thiocarbonyl (C=S) groups is 1. The molecule has 1 aliphatic heterocycles. The molecular formula is C26H20Cl2N2O4S2. The Bertz CT molecular complexity index is 1370. The third-order valence-corrected chi connectivity index (χ3v) is 6.88. The zero-order valence-corrected chi connectivity index (χ0v) is 22.4. The molecule has 1 fully saturated rings. The van der Waals surface area contributed by atoms with E-state index in [4.69, 9.17) is 44.9 Å². The second-order valence-electron chi connectivity index (χ2n) is 7.71. The number of nitrogens with zero attached hydrogens (tertiary/aromatic N) is 1. The molecular weight excluding hydrogens is 539 g/mol. The van der Waals surface area contributed by atoms with Crippen molar-refractivity contribution in [2.75, 3.05) is 23.9 Å². The zero-order chi connectivity index (χ0) is 25.8. The third kappa shape index (κ3) is 6.02. The van der Waals surface area contributed by atoms with Gasteiger partial charge in [0.1, 0.15) is 0 Å². The average molecular weight is 559 g/mol. The van der Waals surface area contributed by atoms with Crippen LogP contribution in [0.1, 0.15) is 11.1 Å². The molecule has 10 heteroatoms. The number of halogens is 2. The van der Waals surface area contributed by atoms with E-state index in [2.05, 4.69) is 5.32 Å². The molecule has 4 rings (SSSR count). The summed E-state index contributed by atoms with van der Waals surface area (Å²) >= 11 is 18.6. The number of hydrogen-bond acceptors (Lipinski definition) is 6.